The van der Waals surface area contributed by atoms with Crippen LogP contribution >= 0.6 is 0 Å². The van der Waals surface area contributed by atoms with Gasteiger partial charge in [0.15, 0.2) is 0 Å². The predicted octanol–water partition coefficient (Wildman–Crippen LogP) is 10.3. The first-order valence-electron chi connectivity index (χ1n) is 13.9. The van der Waals surface area contributed by atoms with Crippen LogP contribution in [0.5, 0.6) is 0 Å². The van der Waals surface area contributed by atoms with Crippen molar-refractivity contribution in [2.45, 2.75) is 46.5 Å². The van der Waals surface area contributed by atoms with Gasteiger partial charge < -0.3 is 4.42 Å². The molecule has 0 unspecified atom stereocenters. The topological polar surface area (TPSA) is 31.0 Å². The van der Waals surface area contributed by atoms with Gasteiger partial charge in [-0.15, -0.1) is 0 Å². The highest BCUT2D eigenvalue weighted by Crippen LogP contribution is 2.42. The molecular formula is C36H32N2O. The fourth-order valence-corrected chi connectivity index (χ4v) is 6.19. The lowest BCUT2D eigenvalue weighted by Gasteiger charge is -2.23. The van der Waals surface area contributed by atoms with E-state index < -0.39 is 0 Å². The molecule has 192 valence electrons. The molecule has 0 spiro atoms. The highest BCUT2D eigenvalue weighted by molar-refractivity contribution is 6.19. The lowest BCUT2D eigenvalue weighted by atomic mass is 9.92. The van der Waals surface area contributed by atoms with E-state index in [1.54, 1.807) is 0 Å². The summed E-state index contributed by atoms with van der Waals surface area (Å²) < 4.78 is 8.96. The van der Waals surface area contributed by atoms with Crippen molar-refractivity contribution in [2.24, 2.45) is 0 Å². The standard InChI is InChI=1S/C36H32N2O/c1-21(2)25-13-10-14-26(22(3)4)34(25)38-31-16-9-8-15-30(31)37-36(38)27-18-19-29-33-28-12-7-6-11-24(28)17-20-32(33)39-35(29)23(27)5/h6-22H,1-5H3. The first-order valence-corrected chi connectivity index (χ1v) is 13.9. The van der Waals surface area contributed by atoms with Crippen molar-refractivity contribution >= 4 is 43.7 Å². The Kier molecular flexibility index (Phi) is 5.38. The van der Waals surface area contributed by atoms with Gasteiger partial charge in [0.1, 0.15) is 17.0 Å². The smallest absolute Gasteiger partial charge is 0.146 e. The van der Waals surface area contributed by atoms with E-state index in [2.05, 4.69) is 130 Å². The third kappa shape index (κ3) is 3.53. The molecular weight excluding hydrogens is 476 g/mol. The Balaban J connectivity index is 1.57. The maximum absolute atomic E-state index is 6.56. The van der Waals surface area contributed by atoms with Gasteiger partial charge in [-0.3, -0.25) is 4.57 Å². The fourth-order valence-electron chi connectivity index (χ4n) is 6.19. The molecule has 39 heavy (non-hydrogen) atoms. The van der Waals surface area contributed by atoms with Gasteiger partial charge in [-0.2, -0.15) is 0 Å². The van der Waals surface area contributed by atoms with Crippen LogP contribution in [0.15, 0.2) is 95.4 Å². The minimum atomic E-state index is 0.375. The summed E-state index contributed by atoms with van der Waals surface area (Å²) in [6.45, 7) is 11.3. The van der Waals surface area contributed by atoms with Crippen LogP contribution in [0, 0.1) is 6.92 Å². The zero-order valence-corrected chi connectivity index (χ0v) is 23.1. The lowest BCUT2D eigenvalue weighted by molar-refractivity contribution is 0.666. The van der Waals surface area contributed by atoms with Crippen LogP contribution in [0.25, 0.3) is 60.8 Å². The average molecular weight is 509 g/mol. The van der Waals surface area contributed by atoms with Crippen LogP contribution < -0.4 is 0 Å². The molecule has 0 atom stereocenters. The number of nitrogens with zero attached hydrogens (tertiary/aromatic N) is 2. The quantitative estimate of drug-likeness (QED) is 0.237. The van der Waals surface area contributed by atoms with Gasteiger partial charge in [0, 0.05) is 21.9 Å². The summed E-state index contributed by atoms with van der Waals surface area (Å²) in [5.74, 6) is 1.70. The largest absolute Gasteiger partial charge is 0.456 e. The Morgan fingerprint density at radius 2 is 1.41 bits per heavy atom. The van der Waals surface area contributed by atoms with Crippen LogP contribution in [0.4, 0.5) is 0 Å². The highest BCUT2D eigenvalue weighted by atomic mass is 16.3. The Morgan fingerprint density at radius 1 is 0.692 bits per heavy atom. The molecule has 2 heterocycles. The molecule has 2 aromatic heterocycles. The van der Waals surface area contributed by atoms with Crippen LogP contribution in [-0.2, 0) is 0 Å². The molecule has 0 amide bonds. The van der Waals surface area contributed by atoms with Gasteiger partial charge in [-0.25, -0.2) is 4.98 Å². The number of aryl methyl sites for hydroxylation is 1. The third-order valence-corrected chi connectivity index (χ3v) is 8.15. The van der Waals surface area contributed by atoms with Gasteiger partial charge in [0.2, 0.25) is 0 Å². The summed E-state index contributed by atoms with van der Waals surface area (Å²) in [5.41, 5.74) is 10.1. The molecule has 3 heteroatoms. The van der Waals surface area contributed by atoms with E-state index in [1.165, 1.54) is 33.0 Å². The maximum Gasteiger partial charge on any atom is 0.146 e. The zero-order valence-electron chi connectivity index (χ0n) is 23.1. The first-order chi connectivity index (χ1) is 18.9. The molecule has 5 aromatic carbocycles. The summed E-state index contributed by atoms with van der Waals surface area (Å²) >= 11 is 0. The van der Waals surface area contributed by atoms with Gasteiger partial charge in [0.05, 0.1) is 16.7 Å². The van der Waals surface area contributed by atoms with Crippen molar-refractivity contribution in [1.82, 2.24) is 9.55 Å². The maximum atomic E-state index is 6.56. The molecule has 0 bridgehead atoms. The molecule has 3 nitrogen and oxygen atoms in total. The minimum Gasteiger partial charge on any atom is -0.456 e. The summed E-state index contributed by atoms with van der Waals surface area (Å²) in [7, 11) is 0. The summed E-state index contributed by atoms with van der Waals surface area (Å²) in [6.07, 6.45) is 0. The van der Waals surface area contributed by atoms with E-state index in [9.17, 15) is 0 Å². The Labute approximate surface area is 228 Å². The molecule has 0 aliphatic heterocycles. The minimum absolute atomic E-state index is 0.375. The number of hydrogen-bond donors (Lipinski definition) is 0. The molecule has 7 rings (SSSR count). The normalized spacial score (nSPS) is 12.2. The van der Waals surface area contributed by atoms with Crippen LogP contribution in [0.1, 0.15) is 56.2 Å². The van der Waals surface area contributed by atoms with E-state index in [0.29, 0.717) is 11.8 Å². The van der Waals surface area contributed by atoms with Crippen molar-refractivity contribution in [3.8, 4) is 17.1 Å². The molecule has 0 aliphatic carbocycles. The summed E-state index contributed by atoms with van der Waals surface area (Å²) in [6, 6.07) is 32.5. The number of aromatic nitrogens is 2. The van der Waals surface area contributed by atoms with Crippen molar-refractivity contribution in [3.05, 3.63) is 108 Å². The second-order valence-electron chi connectivity index (χ2n) is 11.2. The van der Waals surface area contributed by atoms with Crippen LogP contribution in [0.3, 0.4) is 0 Å². The number of fused-ring (bicyclic) bond motifs is 6. The molecule has 0 saturated heterocycles. The van der Waals surface area contributed by atoms with Crippen LogP contribution in [-0.4, -0.2) is 9.55 Å². The van der Waals surface area contributed by atoms with Crippen molar-refractivity contribution in [3.63, 3.8) is 0 Å². The number of furan rings is 1. The second-order valence-corrected chi connectivity index (χ2v) is 11.2. The van der Waals surface area contributed by atoms with Gasteiger partial charge in [-0.05, 0) is 64.9 Å². The number of rotatable bonds is 4. The van der Waals surface area contributed by atoms with E-state index in [-0.39, 0.29) is 0 Å². The van der Waals surface area contributed by atoms with Gasteiger partial charge in [-0.1, -0.05) is 94.4 Å². The molecule has 0 aliphatic rings. The highest BCUT2D eigenvalue weighted by Gasteiger charge is 2.24. The Bertz CT molecular complexity index is 2010. The van der Waals surface area contributed by atoms with Crippen molar-refractivity contribution < 1.29 is 4.42 Å². The fraction of sp³-hybridized carbons (Fsp3) is 0.194. The monoisotopic (exact) mass is 508 g/mol. The lowest BCUT2D eigenvalue weighted by Crippen LogP contribution is -2.08. The molecule has 0 saturated carbocycles. The van der Waals surface area contributed by atoms with E-state index in [0.717, 1.165) is 44.5 Å². The van der Waals surface area contributed by atoms with Gasteiger partial charge >= 0.3 is 0 Å². The number of hydrogen-bond acceptors (Lipinski definition) is 2. The Hall–Kier alpha value is -4.37. The van der Waals surface area contributed by atoms with Crippen molar-refractivity contribution in [2.75, 3.05) is 0 Å². The molecule has 0 N–H and O–H groups in total. The second kappa shape index (κ2) is 8.84. The van der Waals surface area contributed by atoms with E-state index >= 15 is 0 Å². The van der Waals surface area contributed by atoms with Crippen LogP contribution in [0.2, 0.25) is 0 Å². The molecule has 7 aromatic rings. The zero-order chi connectivity index (χ0) is 26.8. The van der Waals surface area contributed by atoms with E-state index in [1.807, 2.05) is 0 Å². The average Bonchev–Trinajstić information content (AvgIpc) is 3.52. The number of imidazole rings is 1. The summed E-state index contributed by atoms with van der Waals surface area (Å²) in [4.78, 5) is 5.25. The number of para-hydroxylation sites is 3. The SMILES string of the molecule is Cc1c(-c2nc3ccccc3n2-c2c(C(C)C)cccc2C(C)C)ccc2c1oc1ccc3ccccc3c12. The summed E-state index contributed by atoms with van der Waals surface area (Å²) in [5, 5.41) is 4.78. The first kappa shape index (κ1) is 23.7. The molecule has 0 radical (unpaired) electrons. The third-order valence-electron chi connectivity index (χ3n) is 8.15. The number of benzene rings is 5. The Morgan fingerprint density at radius 3 is 2.18 bits per heavy atom. The molecule has 0 fully saturated rings. The predicted molar refractivity (Wildman–Crippen MR) is 164 cm³/mol. The van der Waals surface area contributed by atoms with Crippen molar-refractivity contribution in [1.29, 1.82) is 0 Å². The van der Waals surface area contributed by atoms with E-state index in [4.69, 9.17) is 9.40 Å². The van der Waals surface area contributed by atoms with Gasteiger partial charge in [0.25, 0.3) is 0 Å².